The second-order valence-corrected chi connectivity index (χ2v) is 7.41. The maximum absolute atomic E-state index is 13.0. The van der Waals surface area contributed by atoms with Gasteiger partial charge in [0.05, 0.1) is 31.5 Å². The molecule has 0 saturated heterocycles. The SMILES string of the molecule is COC(=O)C(C)(c1cccc(C)c1)n1ncc2c(NCC(=O)c3ccco3)nc(N)nc21. The largest absolute Gasteiger partial charge is 0.467 e. The lowest BCUT2D eigenvalue weighted by atomic mass is 9.91. The number of rotatable bonds is 7. The number of carbonyl (C=O) groups excluding carboxylic acids is 2. The predicted molar refractivity (Wildman–Crippen MR) is 117 cm³/mol. The first-order valence-corrected chi connectivity index (χ1v) is 9.82. The van der Waals surface area contributed by atoms with Gasteiger partial charge in [0.25, 0.3) is 0 Å². The number of nitrogens with one attached hydrogen (secondary N) is 1. The Morgan fingerprint density at radius 2 is 2.06 bits per heavy atom. The molecular formula is C22H22N6O4. The first kappa shape index (κ1) is 21.0. The molecule has 1 unspecified atom stereocenters. The summed E-state index contributed by atoms with van der Waals surface area (Å²) in [5.41, 5.74) is 6.60. The smallest absolute Gasteiger partial charge is 0.338 e. The van der Waals surface area contributed by atoms with Crippen LogP contribution in [-0.2, 0) is 15.1 Å². The molecule has 0 fully saturated rings. The number of nitrogens with zero attached hydrogens (tertiary/aromatic N) is 4. The van der Waals surface area contributed by atoms with Crippen LogP contribution in [0, 0.1) is 6.92 Å². The lowest BCUT2D eigenvalue weighted by molar-refractivity contribution is -0.148. The van der Waals surface area contributed by atoms with E-state index in [0.717, 1.165) is 5.56 Å². The fraction of sp³-hybridized carbons (Fsp3) is 0.227. The van der Waals surface area contributed by atoms with Gasteiger partial charge in [-0.25, -0.2) is 9.48 Å². The molecule has 0 amide bonds. The number of esters is 1. The Morgan fingerprint density at radius 1 is 1.25 bits per heavy atom. The molecule has 3 heterocycles. The van der Waals surface area contributed by atoms with Gasteiger partial charge in [0.15, 0.2) is 16.9 Å². The first-order chi connectivity index (χ1) is 15.3. The molecule has 10 heteroatoms. The van der Waals surface area contributed by atoms with Crippen molar-refractivity contribution in [1.82, 2.24) is 19.7 Å². The van der Waals surface area contributed by atoms with Crippen molar-refractivity contribution in [2.24, 2.45) is 0 Å². The van der Waals surface area contributed by atoms with Crippen LogP contribution < -0.4 is 11.1 Å². The van der Waals surface area contributed by atoms with Crippen LogP contribution >= 0.6 is 0 Å². The molecular weight excluding hydrogens is 412 g/mol. The number of fused-ring (bicyclic) bond motifs is 1. The number of nitrogen functional groups attached to an aromatic ring is 1. The number of Topliss-reactive ketones (excluding diaryl/α,β-unsaturated/α-hetero) is 1. The van der Waals surface area contributed by atoms with Crippen molar-refractivity contribution in [2.75, 3.05) is 24.7 Å². The van der Waals surface area contributed by atoms with Crippen LogP contribution in [0.15, 0.2) is 53.3 Å². The second kappa shape index (κ2) is 8.14. The quantitative estimate of drug-likeness (QED) is 0.332. The molecule has 0 aliphatic carbocycles. The lowest BCUT2D eigenvalue weighted by Gasteiger charge is -2.28. The summed E-state index contributed by atoms with van der Waals surface area (Å²) < 4.78 is 11.7. The monoisotopic (exact) mass is 434 g/mol. The molecule has 1 aromatic carbocycles. The molecule has 0 aliphatic heterocycles. The van der Waals surface area contributed by atoms with Crippen LogP contribution in [0.2, 0.25) is 0 Å². The highest BCUT2D eigenvalue weighted by molar-refractivity contribution is 5.98. The molecule has 0 spiro atoms. The van der Waals surface area contributed by atoms with Crippen LogP contribution in [0.1, 0.15) is 28.6 Å². The summed E-state index contributed by atoms with van der Waals surface area (Å²) in [5, 5.41) is 7.89. The number of anilines is 2. The van der Waals surface area contributed by atoms with E-state index in [-0.39, 0.29) is 24.0 Å². The van der Waals surface area contributed by atoms with E-state index in [0.29, 0.717) is 22.4 Å². The highest BCUT2D eigenvalue weighted by Crippen LogP contribution is 2.32. The molecule has 0 bridgehead atoms. The highest BCUT2D eigenvalue weighted by Gasteiger charge is 2.41. The van der Waals surface area contributed by atoms with Crippen LogP contribution in [0.5, 0.6) is 0 Å². The van der Waals surface area contributed by atoms with Crippen molar-refractivity contribution >= 4 is 34.6 Å². The van der Waals surface area contributed by atoms with Crippen LogP contribution in [-0.4, -0.2) is 45.2 Å². The molecule has 164 valence electrons. The van der Waals surface area contributed by atoms with Crippen molar-refractivity contribution < 1.29 is 18.7 Å². The highest BCUT2D eigenvalue weighted by atomic mass is 16.5. The molecule has 0 aliphatic rings. The van der Waals surface area contributed by atoms with Gasteiger partial charge in [0.2, 0.25) is 11.7 Å². The maximum atomic E-state index is 13.0. The number of aromatic nitrogens is 4. The first-order valence-electron chi connectivity index (χ1n) is 9.82. The van der Waals surface area contributed by atoms with Gasteiger partial charge in [-0.05, 0) is 31.5 Å². The Kier molecular flexibility index (Phi) is 5.35. The Labute approximate surface area is 183 Å². The van der Waals surface area contributed by atoms with E-state index in [1.165, 1.54) is 24.3 Å². The molecule has 10 nitrogen and oxygen atoms in total. The van der Waals surface area contributed by atoms with E-state index in [1.54, 1.807) is 19.1 Å². The molecule has 0 saturated carbocycles. The third-order valence-electron chi connectivity index (χ3n) is 5.24. The summed E-state index contributed by atoms with van der Waals surface area (Å²) >= 11 is 0. The Bertz CT molecular complexity index is 1300. The summed E-state index contributed by atoms with van der Waals surface area (Å²) in [6.45, 7) is 3.56. The molecule has 1 atom stereocenters. The number of hydrogen-bond acceptors (Lipinski definition) is 9. The van der Waals surface area contributed by atoms with Gasteiger partial charge >= 0.3 is 5.97 Å². The van der Waals surface area contributed by atoms with Gasteiger partial charge < -0.3 is 20.2 Å². The average molecular weight is 434 g/mol. The van der Waals surface area contributed by atoms with Crippen LogP contribution in [0.4, 0.5) is 11.8 Å². The van der Waals surface area contributed by atoms with E-state index in [4.69, 9.17) is 14.9 Å². The normalized spacial score (nSPS) is 13.0. The number of ether oxygens (including phenoxy) is 1. The zero-order valence-electron chi connectivity index (χ0n) is 17.8. The zero-order valence-corrected chi connectivity index (χ0v) is 17.8. The summed E-state index contributed by atoms with van der Waals surface area (Å²) in [4.78, 5) is 33.8. The third kappa shape index (κ3) is 3.55. The number of methoxy groups -OCH3 is 1. The van der Waals surface area contributed by atoms with Crippen molar-refractivity contribution in [3.63, 3.8) is 0 Å². The fourth-order valence-electron chi connectivity index (χ4n) is 3.55. The summed E-state index contributed by atoms with van der Waals surface area (Å²) in [7, 11) is 1.32. The Balaban J connectivity index is 1.79. The van der Waals surface area contributed by atoms with E-state index >= 15 is 0 Å². The molecule has 4 aromatic rings. The molecule has 3 aromatic heterocycles. The van der Waals surface area contributed by atoms with Crippen LogP contribution in [0.3, 0.4) is 0 Å². The number of benzene rings is 1. The van der Waals surface area contributed by atoms with Gasteiger partial charge in [-0.2, -0.15) is 15.1 Å². The van der Waals surface area contributed by atoms with Crippen molar-refractivity contribution in [3.8, 4) is 0 Å². The number of furan rings is 1. The van der Waals surface area contributed by atoms with Crippen molar-refractivity contribution in [3.05, 3.63) is 65.7 Å². The Hall–Kier alpha value is -4.21. The number of carbonyl (C=O) groups is 2. The minimum Gasteiger partial charge on any atom is -0.467 e. The lowest BCUT2D eigenvalue weighted by Crippen LogP contribution is -2.42. The van der Waals surface area contributed by atoms with E-state index < -0.39 is 11.5 Å². The van der Waals surface area contributed by atoms with Gasteiger partial charge in [-0.15, -0.1) is 0 Å². The molecule has 3 N–H and O–H groups in total. The van der Waals surface area contributed by atoms with Gasteiger partial charge in [-0.1, -0.05) is 29.8 Å². The summed E-state index contributed by atoms with van der Waals surface area (Å²) in [6, 6.07) is 10.7. The van der Waals surface area contributed by atoms with Gasteiger partial charge in [-0.3, -0.25) is 4.79 Å². The number of nitrogens with two attached hydrogens (primary N) is 1. The topological polar surface area (TPSA) is 138 Å². The predicted octanol–water partition coefficient (Wildman–Crippen LogP) is 2.54. The van der Waals surface area contributed by atoms with Crippen LogP contribution in [0.25, 0.3) is 11.0 Å². The molecule has 0 radical (unpaired) electrons. The second-order valence-electron chi connectivity index (χ2n) is 7.41. The van der Waals surface area contributed by atoms with E-state index in [9.17, 15) is 9.59 Å². The summed E-state index contributed by atoms with van der Waals surface area (Å²) in [6.07, 6.45) is 2.95. The van der Waals surface area contributed by atoms with Gasteiger partial charge in [0.1, 0.15) is 5.82 Å². The standard InChI is InChI=1S/C22H22N6O4/c1-13-6-4-7-14(10-13)22(2,20(30)31-3)28-19-15(11-25-28)18(26-21(23)27-19)24-12-16(29)17-8-5-9-32-17/h4-11H,12H2,1-3H3,(H3,23,24,26,27). The summed E-state index contributed by atoms with van der Waals surface area (Å²) in [5.74, 6) is -0.275. The van der Waals surface area contributed by atoms with E-state index in [2.05, 4.69) is 20.4 Å². The fourth-order valence-corrected chi connectivity index (χ4v) is 3.55. The number of ketones is 1. The minimum atomic E-state index is -1.31. The number of aryl methyl sites for hydroxylation is 1. The minimum absolute atomic E-state index is 0.0383. The average Bonchev–Trinajstić information content (AvgIpc) is 3.46. The van der Waals surface area contributed by atoms with Crippen molar-refractivity contribution in [2.45, 2.75) is 19.4 Å². The van der Waals surface area contributed by atoms with Gasteiger partial charge in [0, 0.05) is 0 Å². The maximum Gasteiger partial charge on any atom is 0.338 e. The number of hydrogen-bond donors (Lipinski definition) is 2. The molecule has 4 rings (SSSR count). The zero-order chi connectivity index (χ0) is 22.9. The third-order valence-corrected chi connectivity index (χ3v) is 5.24. The Morgan fingerprint density at radius 3 is 2.75 bits per heavy atom. The van der Waals surface area contributed by atoms with Crippen molar-refractivity contribution in [1.29, 1.82) is 0 Å². The molecule has 32 heavy (non-hydrogen) atoms. The van der Waals surface area contributed by atoms with E-state index in [1.807, 2.05) is 31.2 Å².